The van der Waals surface area contributed by atoms with Crippen molar-refractivity contribution in [2.45, 2.75) is 26.7 Å². The summed E-state index contributed by atoms with van der Waals surface area (Å²) in [5.74, 6) is 0.326. The summed E-state index contributed by atoms with van der Waals surface area (Å²) in [6.07, 6.45) is 6.23. The summed E-state index contributed by atoms with van der Waals surface area (Å²) < 4.78 is 0. The lowest BCUT2D eigenvalue weighted by Gasteiger charge is -2.55. The number of rotatable bonds is 4. The number of hydrogen-bond donors (Lipinski definition) is 3. The van der Waals surface area contributed by atoms with Gasteiger partial charge in [-0.2, -0.15) is 5.10 Å². The van der Waals surface area contributed by atoms with E-state index in [4.69, 9.17) is 5.21 Å². The molecule has 1 fully saturated rings. The summed E-state index contributed by atoms with van der Waals surface area (Å²) >= 11 is 0. The van der Waals surface area contributed by atoms with Crippen LogP contribution in [0.1, 0.15) is 47.4 Å². The minimum Gasteiger partial charge on any atom is -0.288 e. The highest BCUT2D eigenvalue weighted by Crippen LogP contribution is 2.58. The van der Waals surface area contributed by atoms with Crippen LogP contribution >= 0.6 is 0 Å². The molecule has 0 radical (unpaired) electrons. The lowest BCUT2D eigenvalue weighted by atomic mass is 9.49. The van der Waals surface area contributed by atoms with E-state index in [1.165, 1.54) is 36.3 Å². The number of benzene rings is 1. The Morgan fingerprint density at radius 2 is 1.83 bits per heavy atom. The van der Waals surface area contributed by atoms with Gasteiger partial charge in [0.05, 0.1) is 6.21 Å². The number of amides is 2. The van der Waals surface area contributed by atoms with Gasteiger partial charge in [0.1, 0.15) is 0 Å². The Morgan fingerprint density at radius 1 is 1.21 bits per heavy atom. The van der Waals surface area contributed by atoms with E-state index in [9.17, 15) is 9.59 Å². The molecule has 2 bridgehead atoms. The van der Waals surface area contributed by atoms with Gasteiger partial charge in [0.2, 0.25) is 0 Å². The highest BCUT2D eigenvalue weighted by atomic mass is 16.5. The van der Waals surface area contributed by atoms with Crippen LogP contribution in [0.4, 0.5) is 0 Å². The van der Waals surface area contributed by atoms with Crippen LogP contribution in [0.5, 0.6) is 0 Å². The van der Waals surface area contributed by atoms with Crippen molar-refractivity contribution in [1.29, 1.82) is 0 Å². The van der Waals surface area contributed by atoms with Crippen molar-refractivity contribution in [3.63, 3.8) is 0 Å². The van der Waals surface area contributed by atoms with Crippen molar-refractivity contribution in [3.05, 3.63) is 47.0 Å². The van der Waals surface area contributed by atoms with E-state index >= 15 is 0 Å². The number of allylic oxidation sites excluding steroid dienone is 2. The quantitative estimate of drug-likeness (QED) is 0.451. The second-order valence-corrected chi connectivity index (χ2v) is 6.96. The number of fused-ring (bicyclic) bond motifs is 1. The molecule has 3 N–H and O–H groups in total. The molecular weight excluding hydrogens is 306 g/mol. The molecular formula is C18H21N3O3. The van der Waals surface area contributed by atoms with Crippen molar-refractivity contribution >= 4 is 18.0 Å². The largest absolute Gasteiger partial charge is 0.288 e. The first kappa shape index (κ1) is 16.4. The Morgan fingerprint density at radius 3 is 2.38 bits per heavy atom. The van der Waals surface area contributed by atoms with Gasteiger partial charge in [0, 0.05) is 11.1 Å². The molecule has 1 saturated carbocycles. The zero-order valence-electron chi connectivity index (χ0n) is 13.7. The van der Waals surface area contributed by atoms with Gasteiger partial charge in [0.15, 0.2) is 0 Å². The Hall–Kier alpha value is -2.47. The van der Waals surface area contributed by atoms with E-state index in [0.29, 0.717) is 16.9 Å². The van der Waals surface area contributed by atoms with Gasteiger partial charge in [-0.15, -0.1) is 0 Å². The van der Waals surface area contributed by atoms with E-state index in [1.807, 2.05) is 0 Å². The molecule has 2 atom stereocenters. The van der Waals surface area contributed by atoms with Gasteiger partial charge in [-0.3, -0.25) is 14.8 Å². The molecule has 4 rings (SSSR count). The lowest BCUT2D eigenvalue weighted by molar-refractivity contribution is -0.00126. The van der Waals surface area contributed by atoms with E-state index in [1.54, 1.807) is 11.7 Å². The highest BCUT2D eigenvalue weighted by Gasteiger charge is 2.50. The standard InChI is InChI=1S/C18H21N3O3/c1-18(2)14-8-7-13(15(18)9-14)10-19-20-16(22)11-3-5-12(6-4-11)17(23)21-24/h3-7,10,14-15,24H,8-9H2,1-2H3,(H,20,22)(H,21,23)/b19-10-/t14-,15-/m0/s1. The summed E-state index contributed by atoms with van der Waals surface area (Å²) in [5.41, 5.74) is 6.24. The molecule has 6 nitrogen and oxygen atoms in total. The van der Waals surface area contributed by atoms with Crippen molar-refractivity contribution < 1.29 is 14.8 Å². The van der Waals surface area contributed by atoms with Gasteiger partial charge >= 0.3 is 0 Å². The minimum absolute atomic E-state index is 0.270. The zero-order valence-corrected chi connectivity index (χ0v) is 13.7. The predicted octanol–water partition coefficient (Wildman–Crippen LogP) is 2.51. The van der Waals surface area contributed by atoms with Gasteiger partial charge < -0.3 is 0 Å². The summed E-state index contributed by atoms with van der Waals surface area (Å²) in [6.45, 7) is 4.57. The first-order valence-corrected chi connectivity index (χ1v) is 8.01. The smallest absolute Gasteiger partial charge is 0.274 e. The molecule has 1 aromatic carbocycles. The molecule has 126 valence electrons. The van der Waals surface area contributed by atoms with Crippen LogP contribution in [0.15, 0.2) is 41.0 Å². The molecule has 0 spiro atoms. The topological polar surface area (TPSA) is 90.8 Å². The third-order valence-corrected chi connectivity index (χ3v) is 5.40. The average Bonchev–Trinajstić information content (AvgIpc) is 2.61. The molecule has 3 aliphatic rings. The van der Waals surface area contributed by atoms with E-state index in [2.05, 4.69) is 30.5 Å². The van der Waals surface area contributed by atoms with Crippen LogP contribution in [0.25, 0.3) is 0 Å². The van der Waals surface area contributed by atoms with Gasteiger partial charge in [-0.05, 0) is 59.9 Å². The van der Waals surface area contributed by atoms with Gasteiger partial charge in [-0.25, -0.2) is 10.9 Å². The number of nitrogens with one attached hydrogen (secondary N) is 2. The maximum absolute atomic E-state index is 12.1. The molecule has 6 heteroatoms. The Bertz CT molecular complexity index is 720. The highest BCUT2D eigenvalue weighted by molar-refractivity contribution is 5.97. The van der Waals surface area contributed by atoms with Crippen LogP contribution < -0.4 is 10.9 Å². The van der Waals surface area contributed by atoms with Crippen LogP contribution in [0.3, 0.4) is 0 Å². The van der Waals surface area contributed by atoms with Crippen LogP contribution in [-0.2, 0) is 0 Å². The van der Waals surface area contributed by atoms with Gasteiger partial charge in [0.25, 0.3) is 11.8 Å². The number of carbonyl (C=O) groups is 2. The number of nitrogens with zero attached hydrogens (tertiary/aromatic N) is 1. The molecule has 3 aliphatic carbocycles. The molecule has 0 heterocycles. The van der Waals surface area contributed by atoms with E-state index in [-0.39, 0.29) is 11.5 Å². The molecule has 0 aromatic heterocycles. The second-order valence-electron chi connectivity index (χ2n) is 6.96. The average molecular weight is 327 g/mol. The second kappa shape index (κ2) is 6.20. The molecule has 24 heavy (non-hydrogen) atoms. The van der Waals surface area contributed by atoms with Gasteiger partial charge in [-0.1, -0.05) is 19.9 Å². The summed E-state index contributed by atoms with van der Waals surface area (Å²) in [5, 5.41) is 12.6. The normalized spacial score (nSPS) is 24.0. The Labute approximate surface area is 140 Å². The van der Waals surface area contributed by atoms with Crippen molar-refractivity contribution in [1.82, 2.24) is 10.9 Å². The Kier molecular flexibility index (Phi) is 4.24. The summed E-state index contributed by atoms with van der Waals surface area (Å²) in [4.78, 5) is 23.3. The fourth-order valence-electron chi connectivity index (χ4n) is 3.61. The number of hydrogen-bond acceptors (Lipinski definition) is 4. The molecule has 1 aromatic rings. The van der Waals surface area contributed by atoms with Crippen LogP contribution in [0.2, 0.25) is 0 Å². The minimum atomic E-state index is -0.620. The third kappa shape index (κ3) is 2.85. The van der Waals surface area contributed by atoms with Crippen molar-refractivity contribution in [2.24, 2.45) is 22.4 Å². The summed E-state index contributed by atoms with van der Waals surface area (Å²) in [6, 6.07) is 5.94. The number of carbonyl (C=O) groups excluding carboxylic acids is 2. The third-order valence-electron chi connectivity index (χ3n) is 5.40. The fraction of sp³-hybridized carbons (Fsp3) is 0.389. The summed E-state index contributed by atoms with van der Waals surface area (Å²) in [7, 11) is 0. The molecule has 0 aliphatic heterocycles. The SMILES string of the molecule is CC1(C)[C@H]2CC=C(/C=N\NC(=O)c3ccc(C(=O)NO)cc3)[C@@H]1C2. The number of hydroxylamine groups is 1. The van der Waals surface area contributed by atoms with Crippen molar-refractivity contribution in [2.75, 3.05) is 0 Å². The Balaban J connectivity index is 1.60. The first-order chi connectivity index (χ1) is 11.4. The maximum Gasteiger partial charge on any atom is 0.274 e. The molecule has 0 unspecified atom stereocenters. The van der Waals surface area contributed by atoms with Crippen LogP contribution in [-0.4, -0.2) is 23.2 Å². The van der Waals surface area contributed by atoms with Crippen molar-refractivity contribution in [3.8, 4) is 0 Å². The first-order valence-electron chi connectivity index (χ1n) is 8.01. The maximum atomic E-state index is 12.1. The zero-order chi connectivity index (χ0) is 17.3. The predicted molar refractivity (Wildman–Crippen MR) is 89.7 cm³/mol. The molecule has 2 amide bonds. The number of hydrazone groups is 1. The lowest BCUT2D eigenvalue weighted by Crippen LogP contribution is -2.48. The van der Waals surface area contributed by atoms with E-state index < -0.39 is 5.91 Å². The monoisotopic (exact) mass is 327 g/mol. The van der Waals surface area contributed by atoms with E-state index in [0.717, 1.165) is 12.3 Å². The van der Waals surface area contributed by atoms with Crippen LogP contribution in [0, 0.1) is 17.3 Å². The molecule has 0 saturated heterocycles. The fourth-order valence-corrected chi connectivity index (χ4v) is 3.61.